The van der Waals surface area contributed by atoms with Gasteiger partial charge in [-0.1, -0.05) is 38.1 Å². The predicted molar refractivity (Wildman–Crippen MR) is 142 cm³/mol. The van der Waals surface area contributed by atoms with Crippen LogP contribution in [-0.2, 0) is 10.0 Å². The summed E-state index contributed by atoms with van der Waals surface area (Å²) in [7, 11) is -4.15. The molecule has 1 aromatic heterocycles. The third-order valence-corrected chi connectivity index (χ3v) is 6.46. The summed E-state index contributed by atoms with van der Waals surface area (Å²) in [6.45, 7) is 9.90. The summed E-state index contributed by atoms with van der Waals surface area (Å²) in [5, 5.41) is 12.5. The van der Waals surface area contributed by atoms with E-state index in [9.17, 15) is 18.3 Å². The van der Waals surface area contributed by atoms with Crippen LogP contribution in [0, 0.1) is 19.8 Å². The number of benzene rings is 2. The van der Waals surface area contributed by atoms with Crippen molar-refractivity contribution in [1.82, 2.24) is 15.3 Å². The maximum absolute atomic E-state index is 13.0. The number of aromatic carboxylic acids is 1. The molecule has 0 aliphatic rings. The topological polar surface area (TPSA) is 131 Å². The summed E-state index contributed by atoms with van der Waals surface area (Å²) in [4.78, 5) is 19.8. The Labute approximate surface area is 217 Å². The Morgan fingerprint density at radius 3 is 2.36 bits per heavy atom. The predicted octanol–water partition coefficient (Wildman–Crippen LogP) is 4.31. The molecule has 2 aromatic carbocycles. The van der Waals surface area contributed by atoms with Crippen molar-refractivity contribution in [2.75, 3.05) is 24.4 Å². The minimum absolute atomic E-state index is 0. The fourth-order valence-corrected chi connectivity index (χ4v) is 4.47. The molecular weight excluding hydrogens is 504 g/mol. The first kappa shape index (κ1) is 29.0. The summed E-state index contributed by atoms with van der Waals surface area (Å²) >= 11 is 0. The molecule has 0 aliphatic carbocycles. The van der Waals surface area contributed by atoms with E-state index in [1.807, 2.05) is 32.0 Å². The third-order valence-electron chi connectivity index (χ3n) is 5.14. The second-order valence-corrected chi connectivity index (χ2v) is 10.2. The molecule has 1 heterocycles. The maximum Gasteiger partial charge on any atom is 0.335 e. The number of ether oxygens (including phenoxy) is 1. The summed E-state index contributed by atoms with van der Waals surface area (Å²) < 4.78 is 34.2. The first-order chi connectivity index (χ1) is 16.6. The van der Waals surface area contributed by atoms with Crippen molar-refractivity contribution in [3.8, 4) is 17.1 Å². The number of sulfonamides is 1. The lowest BCUT2D eigenvalue weighted by atomic mass is 10.00. The van der Waals surface area contributed by atoms with E-state index in [4.69, 9.17) is 4.74 Å². The molecule has 36 heavy (non-hydrogen) atoms. The van der Waals surface area contributed by atoms with E-state index >= 15 is 0 Å². The molecule has 3 rings (SSSR count). The van der Waals surface area contributed by atoms with Crippen LogP contribution in [-0.4, -0.2) is 49.2 Å². The number of nitrogens with one attached hydrogen (secondary N) is 2. The Kier molecular flexibility index (Phi) is 10.2. The summed E-state index contributed by atoms with van der Waals surface area (Å²) in [6, 6.07) is 12.6. The molecule has 0 saturated heterocycles. The van der Waals surface area contributed by atoms with Gasteiger partial charge in [0.25, 0.3) is 10.0 Å². The lowest BCUT2D eigenvalue weighted by molar-refractivity contribution is 0.0696. The van der Waals surface area contributed by atoms with Gasteiger partial charge in [0, 0.05) is 18.2 Å². The van der Waals surface area contributed by atoms with Crippen LogP contribution in [0.1, 0.15) is 35.3 Å². The van der Waals surface area contributed by atoms with Crippen LogP contribution >= 0.6 is 12.4 Å². The normalized spacial score (nSPS) is 11.1. The van der Waals surface area contributed by atoms with Gasteiger partial charge < -0.3 is 15.2 Å². The Morgan fingerprint density at radius 2 is 1.72 bits per heavy atom. The number of halogens is 1. The molecule has 3 aromatic rings. The average Bonchev–Trinajstić information content (AvgIpc) is 2.78. The smallest absolute Gasteiger partial charge is 0.335 e. The molecule has 0 atom stereocenters. The number of nitrogens with zero attached hydrogens (tertiary/aromatic N) is 2. The first-order valence-corrected chi connectivity index (χ1v) is 12.7. The molecule has 0 spiro atoms. The molecular formula is C25H31ClN4O5S. The summed E-state index contributed by atoms with van der Waals surface area (Å²) in [6.07, 6.45) is 0. The van der Waals surface area contributed by atoms with Gasteiger partial charge >= 0.3 is 5.97 Å². The molecule has 11 heteroatoms. The number of aromatic nitrogens is 2. The van der Waals surface area contributed by atoms with Gasteiger partial charge in [-0.15, -0.1) is 12.4 Å². The van der Waals surface area contributed by atoms with Crippen LogP contribution in [0.15, 0.2) is 53.4 Å². The Hall–Kier alpha value is -3.21. The number of carbonyl (C=O) groups is 1. The second kappa shape index (κ2) is 12.7. The van der Waals surface area contributed by atoms with Gasteiger partial charge in [0.1, 0.15) is 6.61 Å². The van der Waals surface area contributed by atoms with Crippen molar-refractivity contribution in [3.05, 3.63) is 65.2 Å². The molecule has 0 saturated carbocycles. The van der Waals surface area contributed by atoms with Crippen LogP contribution in [0.4, 0.5) is 5.95 Å². The highest BCUT2D eigenvalue weighted by atomic mass is 35.5. The molecule has 0 unspecified atom stereocenters. The summed E-state index contributed by atoms with van der Waals surface area (Å²) in [5.74, 6) is -0.667. The fraction of sp³-hybridized carbons (Fsp3) is 0.320. The van der Waals surface area contributed by atoms with Crippen LogP contribution < -0.4 is 14.8 Å². The minimum Gasteiger partial charge on any atom is -0.478 e. The van der Waals surface area contributed by atoms with Crippen molar-refractivity contribution in [3.63, 3.8) is 0 Å². The average molecular weight is 535 g/mol. The van der Waals surface area contributed by atoms with Crippen molar-refractivity contribution in [1.29, 1.82) is 0 Å². The van der Waals surface area contributed by atoms with E-state index in [0.717, 1.165) is 29.3 Å². The monoisotopic (exact) mass is 534 g/mol. The molecule has 0 bridgehead atoms. The van der Waals surface area contributed by atoms with Crippen LogP contribution in [0.25, 0.3) is 11.3 Å². The van der Waals surface area contributed by atoms with Gasteiger partial charge in [-0.2, -0.15) is 4.98 Å². The van der Waals surface area contributed by atoms with E-state index in [1.54, 1.807) is 6.07 Å². The first-order valence-electron chi connectivity index (χ1n) is 11.2. The Morgan fingerprint density at radius 1 is 1.06 bits per heavy atom. The van der Waals surface area contributed by atoms with Gasteiger partial charge in [-0.3, -0.25) is 0 Å². The molecule has 194 valence electrons. The minimum atomic E-state index is -4.15. The van der Waals surface area contributed by atoms with Gasteiger partial charge in [0.05, 0.1) is 16.2 Å². The van der Waals surface area contributed by atoms with Crippen LogP contribution in [0.3, 0.4) is 0 Å². The highest BCUT2D eigenvalue weighted by molar-refractivity contribution is 7.92. The van der Waals surface area contributed by atoms with Crippen molar-refractivity contribution >= 4 is 34.3 Å². The number of hydrogen-bond donors (Lipinski definition) is 3. The lowest BCUT2D eigenvalue weighted by Gasteiger charge is -2.14. The van der Waals surface area contributed by atoms with Crippen molar-refractivity contribution in [2.45, 2.75) is 32.6 Å². The van der Waals surface area contributed by atoms with Gasteiger partial charge in [0.2, 0.25) is 11.8 Å². The van der Waals surface area contributed by atoms with E-state index < -0.39 is 16.0 Å². The zero-order valence-electron chi connectivity index (χ0n) is 20.6. The van der Waals surface area contributed by atoms with Crippen molar-refractivity contribution in [2.24, 2.45) is 5.92 Å². The van der Waals surface area contributed by atoms with E-state index in [0.29, 0.717) is 24.8 Å². The number of carboxylic acid groups (broad SMARTS) is 1. The fourth-order valence-electron chi connectivity index (χ4n) is 3.49. The number of carboxylic acids is 1. The Balaban J connectivity index is 0.00000456. The molecule has 3 N–H and O–H groups in total. The zero-order chi connectivity index (χ0) is 25.6. The standard InChI is InChI=1S/C25H30N4O5S.ClH/c1-16(2)15-26-11-12-34-22-14-21(23-17(3)7-5-8-18(23)4)27-25(28-22)29-35(32,33)20-10-6-9-19(13-20)24(30)31;/h5-10,13-14,16,26H,11-12,15H2,1-4H3,(H,30,31)(H,27,28,29);1H. The number of anilines is 1. The maximum atomic E-state index is 13.0. The van der Waals surface area contributed by atoms with Gasteiger partial charge in [-0.25, -0.2) is 22.9 Å². The van der Waals surface area contributed by atoms with Crippen molar-refractivity contribution < 1.29 is 23.1 Å². The SMILES string of the molecule is Cc1cccc(C)c1-c1cc(OCCNCC(C)C)nc(NS(=O)(=O)c2cccc(C(=O)O)c2)n1.Cl. The molecule has 0 amide bonds. The third kappa shape index (κ3) is 7.64. The number of rotatable bonds is 11. The van der Waals surface area contributed by atoms with E-state index in [2.05, 4.69) is 33.9 Å². The zero-order valence-corrected chi connectivity index (χ0v) is 22.2. The molecule has 9 nitrogen and oxygen atoms in total. The number of hydrogen-bond acceptors (Lipinski definition) is 7. The van der Waals surface area contributed by atoms with Crippen LogP contribution in [0.2, 0.25) is 0 Å². The quantitative estimate of drug-likeness (QED) is 0.310. The van der Waals surface area contributed by atoms with Gasteiger partial charge in [-0.05, 0) is 55.6 Å². The van der Waals surface area contributed by atoms with Crippen LogP contribution in [0.5, 0.6) is 5.88 Å². The molecule has 0 fully saturated rings. The molecule has 0 radical (unpaired) electrons. The van der Waals surface area contributed by atoms with E-state index in [-0.39, 0.29) is 34.7 Å². The van der Waals surface area contributed by atoms with E-state index in [1.165, 1.54) is 18.2 Å². The lowest BCUT2D eigenvalue weighted by Crippen LogP contribution is -2.25. The Bertz CT molecular complexity index is 1300. The van der Waals surface area contributed by atoms with Gasteiger partial charge in [0.15, 0.2) is 0 Å². The largest absolute Gasteiger partial charge is 0.478 e. The molecule has 0 aliphatic heterocycles. The highest BCUT2D eigenvalue weighted by Crippen LogP contribution is 2.29. The summed E-state index contributed by atoms with van der Waals surface area (Å²) in [5.41, 5.74) is 3.16. The second-order valence-electron chi connectivity index (χ2n) is 8.57. The number of aryl methyl sites for hydroxylation is 2. The highest BCUT2D eigenvalue weighted by Gasteiger charge is 2.20.